The summed E-state index contributed by atoms with van der Waals surface area (Å²) in [6, 6.07) is 8.71. The summed E-state index contributed by atoms with van der Waals surface area (Å²) in [6.45, 7) is -0.442. The molecule has 0 aliphatic rings. The van der Waals surface area contributed by atoms with Gasteiger partial charge in [-0.05, 0) is 40.2 Å². The zero-order valence-corrected chi connectivity index (χ0v) is 14.7. The monoisotopic (exact) mass is 417 g/mol. The lowest BCUT2D eigenvalue weighted by Gasteiger charge is -2.20. The number of hydrogen-bond acceptors (Lipinski definition) is 3. The number of amides is 1. The van der Waals surface area contributed by atoms with E-state index < -0.39 is 30.3 Å². The van der Waals surface area contributed by atoms with Gasteiger partial charge in [0.15, 0.2) is 0 Å². The minimum absolute atomic E-state index is 0.178. The number of hydrogen-bond donors (Lipinski definition) is 2. The normalized spacial score (nSPS) is 12.6. The molecule has 2 N–H and O–H groups in total. The highest BCUT2D eigenvalue weighted by molar-refractivity contribution is 9.10. The fourth-order valence-electron chi connectivity index (χ4n) is 2.29. The molecule has 2 aromatic rings. The Kier molecular flexibility index (Phi) is 6.07. The Balaban J connectivity index is 2.31. The van der Waals surface area contributed by atoms with E-state index in [1.165, 1.54) is 7.11 Å². The third-order valence-corrected chi connectivity index (χ3v) is 4.23. The van der Waals surface area contributed by atoms with Gasteiger partial charge in [-0.3, -0.25) is 4.79 Å². The van der Waals surface area contributed by atoms with Crippen molar-refractivity contribution in [2.24, 2.45) is 0 Å². The van der Waals surface area contributed by atoms with Crippen molar-refractivity contribution in [3.8, 4) is 5.75 Å². The average Bonchev–Trinajstić information content (AvgIpc) is 2.58. The predicted octanol–water partition coefficient (Wildman–Crippen LogP) is 3.94. The van der Waals surface area contributed by atoms with Crippen molar-refractivity contribution in [1.29, 1.82) is 0 Å². The van der Waals surface area contributed by atoms with Crippen LogP contribution in [0.5, 0.6) is 5.75 Å². The van der Waals surface area contributed by atoms with Gasteiger partial charge >= 0.3 is 6.18 Å². The second kappa shape index (κ2) is 7.88. The molecule has 1 atom stereocenters. The summed E-state index contributed by atoms with van der Waals surface area (Å²) in [4.78, 5) is 12.4. The van der Waals surface area contributed by atoms with Crippen molar-refractivity contribution in [2.45, 2.75) is 12.2 Å². The molecule has 8 heteroatoms. The van der Waals surface area contributed by atoms with E-state index in [9.17, 15) is 23.1 Å². The standard InChI is InChI=1S/C17H15BrF3NO3/c1-25-15-5-3-2-4-11(15)14(9-23)22-16(24)12-8-10(17(19,20)21)6-7-13(12)18/h2-8,14,23H,9H2,1H3,(H,22,24). The van der Waals surface area contributed by atoms with Crippen LogP contribution in [0.3, 0.4) is 0 Å². The highest BCUT2D eigenvalue weighted by atomic mass is 79.9. The molecule has 0 spiro atoms. The molecule has 2 aromatic carbocycles. The number of carbonyl (C=O) groups excluding carboxylic acids is 1. The number of halogens is 4. The Labute approximate surface area is 150 Å². The first-order valence-electron chi connectivity index (χ1n) is 7.19. The van der Waals surface area contributed by atoms with Crippen molar-refractivity contribution >= 4 is 21.8 Å². The number of rotatable bonds is 5. The lowest BCUT2D eigenvalue weighted by Crippen LogP contribution is -2.31. The van der Waals surface area contributed by atoms with E-state index in [1.54, 1.807) is 24.3 Å². The van der Waals surface area contributed by atoms with Crippen LogP contribution in [0.25, 0.3) is 0 Å². The van der Waals surface area contributed by atoms with Crippen molar-refractivity contribution in [3.05, 3.63) is 63.6 Å². The number of para-hydroxylation sites is 1. The molecule has 0 heterocycles. The summed E-state index contributed by atoms with van der Waals surface area (Å²) in [5.41, 5.74) is -0.592. The van der Waals surface area contributed by atoms with Crippen molar-refractivity contribution < 1.29 is 27.8 Å². The molecule has 0 aromatic heterocycles. The first-order valence-corrected chi connectivity index (χ1v) is 7.98. The molecule has 1 amide bonds. The molecule has 2 rings (SSSR count). The first kappa shape index (κ1) is 19.3. The van der Waals surface area contributed by atoms with E-state index in [4.69, 9.17) is 4.74 Å². The van der Waals surface area contributed by atoms with Gasteiger partial charge in [0.25, 0.3) is 5.91 Å². The smallest absolute Gasteiger partial charge is 0.416 e. The molecule has 134 valence electrons. The quantitative estimate of drug-likeness (QED) is 0.774. The number of nitrogens with one attached hydrogen (secondary N) is 1. The number of methoxy groups -OCH3 is 1. The van der Waals surface area contributed by atoms with Gasteiger partial charge in [-0.1, -0.05) is 18.2 Å². The molecule has 4 nitrogen and oxygen atoms in total. The summed E-state index contributed by atoms with van der Waals surface area (Å²) in [7, 11) is 1.44. The van der Waals surface area contributed by atoms with E-state index in [0.717, 1.165) is 18.2 Å². The minimum atomic E-state index is -4.56. The molecule has 0 fully saturated rings. The zero-order valence-electron chi connectivity index (χ0n) is 13.1. The molecule has 1 unspecified atom stereocenters. The maximum absolute atomic E-state index is 12.9. The zero-order chi connectivity index (χ0) is 18.6. The number of benzene rings is 2. The number of ether oxygens (including phenoxy) is 1. The Morgan fingerprint density at radius 2 is 1.96 bits per heavy atom. The highest BCUT2D eigenvalue weighted by Crippen LogP contribution is 2.32. The molecule has 0 bridgehead atoms. The van der Waals surface area contributed by atoms with Crippen LogP contribution in [0, 0.1) is 0 Å². The molecular weight excluding hydrogens is 403 g/mol. The molecule has 25 heavy (non-hydrogen) atoms. The van der Waals surface area contributed by atoms with Crippen LogP contribution in [-0.2, 0) is 6.18 Å². The largest absolute Gasteiger partial charge is 0.496 e. The summed E-state index contributed by atoms with van der Waals surface area (Å²) in [5.74, 6) is -0.298. The maximum atomic E-state index is 12.9. The van der Waals surface area contributed by atoms with Crippen LogP contribution < -0.4 is 10.1 Å². The van der Waals surface area contributed by atoms with Gasteiger partial charge in [-0.25, -0.2) is 0 Å². The predicted molar refractivity (Wildman–Crippen MR) is 89.4 cm³/mol. The Morgan fingerprint density at radius 1 is 1.28 bits per heavy atom. The average molecular weight is 418 g/mol. The van der Waals surface area contributed by atoms with Gasteiger partial charge in [0, 0.05) is 10.0 Å². The van der Waals surface area contributed by atoms with Crippen LogP contribution in [0.1, 0.15) is 27.5 Å². The minimum Gasteiger partial charge on any atom is -0.496 e. The summed E-state index contributed by atoms with van der Waals surface area (Å²) < 4.78 is 44.0. The number of alkyl halides is 3. The second-order valence-corrected chi connectivity index (χ2v) is 6.00. The lowest BCUT2D eigenvalue weighted by molar-refractivity contribution is -0.137. The Hall–Kier alpha value is -2.06. The van der Waals surface area contributed by atoms with Gasteiger partial charge < -0.3 is 15.2 Å². The molecule has 0 saturated carbocycles. The first-order chi connectivity index (χ1) is 11.8. The van der Waals surface area contributed by atoms with Crippen LogP contribution >= 0.6 is 15.9 Å². The third-order valence-electron chi connectivity index (χ3n) is 3.54. The number of aliphatic hydroxyl groups excluding tert-OH is 1. The topological polar surface area (TPSA) is 58.6 Å². The van der Waals surface area contributed by atoms with Crippen LogP contribution in [0.15, 0.2) is 46.9 Å². The fourth-order valence-corrected chi connectivity index (χ4v) is 2.71. The van der Waals surface area contributed by atoms with Gasteiger partial charge in [-0.2, -0.15) is 13.2 Å². The van der Waals surface area contributed by atoms with Crippen LogP contribution in [0.4, 0.5) is 13.2 Å². The van der Waals surface area contributed by atoms with Crippen molar-refractivity contribution in [1.82, 2.24) is 5.32 Å². The Morgan fingerprint density at radius 3 is 2.56 bits per heavy atom. The Bertz CT molecular complexity index is 765. The van der Waals surface area contributed by atoms with E-state index >= 15 is 0 Å². The lowest BCUT2D eigenvalue weighted by atomic mass is 10.0. The van der Waals surface area contributed by atoms with Gasteiger partial charge in [0.05, 0.1) is 30.9 Å². The van der Waals surface area contributed by atoms with E-state index in [0.29, 0.717) is 11.3 Å². The van der Waals surface area contributed by atoms with E-state index in [-0.39, 0.29) is 10.0 Å². The van der Waals surface area contributed by atoms with Crippen molar-refractivity contribution in [3.63, 3.8) is 0 Å². The summed E-state index contributed by atoms with van der Waals surface area (Å²) in [6.07, 6.45) is -4.56. The van der Waals surface area contributed by atoms with Crippen molar-refractivity contribution in [2.75, 3.05) is 13.7 Å². The molecule has 0 radical (unpaired) electrons. The van der Waals surface area contributed by atoms with Crippen LogP contribution in [-0.4, -0.2) is 24.7 Å². The fraction of sp³-hybridized carbons (Fsp3) is 0.235. The van der Waals surface area contributed by atoms with E-state index in [2.05, 4.69) is 21.2 Å². The number of aliphatic hydroxyl groups is 1. The van der Waals surface area contributed by atoms with E-state index in [1.807, 2.05) is 0 Å². The van der Waals surface area contributed by atoms with Gasteiger partial charge in [0.2, 0.25) is 0 Å². The number of carbonyl (C=O) groups is 1. The van der Waals surface area contributed by atoms with Crippen LogP contribution in [0.2, 0.25) is 0 Å². The van der Waals surface area contributed by atoms with Gasteiger partial charge in [-0.15, -0.1) is 0 Å². The molecular formula is C17H15BrF3NO3. The highest BCUT2D eigenvalue weighted by Gasteiger charge is 2.32. The van der Waals surface area contributed by atoms with Gasteiger partial charge in [0.1, 0.15) is 5.75 Å². The maximum Gasteiger partial charge on any atom is 0.416 e. The summed E-state index contributed by atoms with van der Waals surface area (Å²) >= 11 is 3.08. The second-order valence-electron chi connectivity index (χ2n) is 5.14. The SMILES string of the molecule is COc1ccccc1C(CO)NC(=O)c1cc(C(F)(F)F)ccc1Br. The third kappa shape index (κ3) is 4.52. The molecule has 0 saturated heterocycles. The molecule has 0 aliphatic heterocycles. The molecule has 0 aliphatic carbocycles. The summed E-state index contributed by atoms with van der Waals surface area (Å²) in [5, 5.41) is 12.1.